The van der Waals surface area contributed by atoms with E-state index < -0.39 is 19.5 Å². The summed E-state index contributed by atoms with van der Waals surface area (Å²) >= 11 is 0. The van der Waals surface area contributed by atoms with Gasteiger partial charge in [-0.05, 0) is 12.3 Å². The van der Waals surface area contributed by atoms with Crippen molar-refractivity contribution in [2.45, 2.75) is 58.7 Å². The third-order valence-electron chi connectivity index (χ3n) is 5.03. The minimum Gasteiger partial charge on any atom is -0.465 e. The van der Waals surface area contributed by atoms with E-state index in [-0.39, 0.29) is 25.0 Å². The summed E-state index contributed by atoms with van der Waals surface area (Å²) in [6.07, 6.45) is 5.33. The molecule has 0 bridgehead atoms. The molecule has 0 aromatic carbocycles. The normalized spacial score (nSPS) is 22.6. The number of carbonyl (C=O) groups excluding carboxylic acids is 1. The fourth-order valence-electron chi connectivity index (χ4n) is 3.22. The number of ether oxygens (including phenoxy) is 2. The van der Waals surface area contributed by atoms with Crippen LogP contribution in [0.3, 0.4) is 0 Å². The van der Waals surface area contributed by atoms with Crippen molar-refractivity contribution in [3.05, 3.63) is 12.7 Å². The van der Waals surface area contributed by atoms with Crippen LogP contribution in [0.1, 0.15) is 40.0 Å². The summed E-state index contributed by atoms with van der Waals surface area (Å²) in [5, 5.41) is 2.87. The summed E-state index contributed by atoms with van der Waals surface area (Å²) in [7, 11) is -3.35. The largest absolute Gasteiger partial charge is 0.465 e. The lowest BCUT2D eigenvalue weighted by molar-refractivity contribution is -0.147. The molecule has 3 rings (SSSR count). The van der Waals surface area contributed by atoms with Crippen molar-refractivity contribution >= 4 is 30.5 Å². The number of esters is 1. The number of imidazole rings is 1. The lowest BCUT2D eigenvalue weighted by atomic mass is 10.1. The van der Waals surface area contributed by atoms with Crippen molar-refractivity contribution in [1.82, 2.24) is 24.6 Å². The molecule has 1 aliphatic heterocycles. The van der Waals surface area contributed by atoms with Crippen molar-refractivity contribution in [2.75, 3.05) is 25.3 Å². The molecule has 1 fully saturated rings. The lowest BCUT2D eigenvalue weighted by Crippen LogP contribution is -2.43. The van der Waals surface area contributed by atoms with E-state index in [0.717, 1.165) is 19.3 Å². The van der Waals surface area contributed by atoms with Gasteiger partial charge in [-0.3, -0.25) is 9.36 Å². The summed E-state index contributed by atoms with van der Waals surface area (Å²) in [5.74, 6) is -0.234. The van der Waals surface area contributed by atoms with Gasteiger partial charge in [-0.25, -0.2) is 20.0 Å². The van der Waals surface area contributed by atoms with Gasteiger partial charge in [0.05, 0.1) is 26.1 Å². The molecule has 2 unspecified atom stereocenters. The van der Waals surface area contributed by atoms with Gasteiger partial charge in [0.2, 0.25) is 0 Å². The number of nitrogens with one attached hydrogen (secondary N) is 1. The second-order valence-corrected chi connectivity index (χ2v) is 10.1. The molecule has 1 aliphatic rings. The third-order valence-corrected chi connectivity index (χ3v) is 6.75. The quantitative estimate of drug-likeness (QED) is 0.312. The van der Waals surface area contributed by atoms with Crippen LogP contribution in [0.4, 0.5) is 5.82 Å². The van der Waals surface area contributed by atoms with Crippen molar-refractivity contribution < 1.29 is 23.4 Å². The maximum absolute atomic E-state index is 13.1. The molecule has 2 aromatic rings. The fourth-order valence-corrected chi connectivity index (χ4v) is 5.09. The number of hydrogen-bond acceptors (Lipinski definition) is 9. The van der Waals surface area contributed by atoms with E-state index in [1.165, 1.54) is 6.33 Å². The van der Waals surface area contributed by atoms with E-state index in [2.05, 4.69) is 27.0 Å². The maximum Gasteiger partial charge on any atom is 0.323 e. The van der Waals surface area contributed by atoms with Gasteiger partial charge in [0.25, 0.3) is 7.52 Å². The smallest absolute Gasteiger partial charge is 0.323 e. The number of rotatable bonds is 10. The maximum atomic E-state index is 13.1. The number of unbranched alkanes of at least 4 members (excludes halogenated alkanes) is 2. The lowest BCUT2D eigenvalue weighted by Gasteiger charge is -2.32. The molecule has 1 saturated heterocycles. The number of nitrogens with two attached hydrogens (primary N) is 1. The Labute approximate surface area is 181 Å². The molecule has 0 saturated carbocycles. The fraction of sp³-hybridized carbons (Fsp3) is 0.684. The van der Waals surface area contributed by atoms with Crippen LogP contribution in [0.25, 0.3) is 11.2 Å². The summed E-state index contributed by atoms with van der Waals surface area (Å²) in [6.45, 7) is 6.66. The number of hydrogen-bond donors (Lipinski definition) is 2. The van der Waals surface area contributed by atoms with Crippen LogP contribution < -0.4 is 10.8 Å². The number of aromatic nitrogens is 4. The Morgan fingerprint density at radius 3 is 2.87 bits per heavy atom. The number of fused-ring (bicyclic) bond motifs is 1. The highest BCUT2D eigenvalue weighted by Crippen LogP contribution is 2.46. The van der Waals surface area contributed by atoms with Crippen LogP contribution in [0.5, 0.6) is 0 Å². The summed E-state index contributed by atoms with van der Waals surface area (Å²) < 4.78 is 31.7. The van der Waals surface area contributed by atoms with Crippen LogP contribution >= 0.6 is 7.52 Å². The Kier molecular flexibility index (Phi) is 7.99. The van der Waals surface area contributed by atoms with Crippen LogP contribution in [-0.4, -0.2) is 57.2 Å². The molecular weight excluding hydrogens is 423 g/mol. The second-order valence-electron chi connectivity index (χ2n) is 7.94. The summed E-state index contributed by atoms with van der Waals surface area (Å²) in [6, 6.07) is -0.732. The van der Waals surface area contributed by atoms with Crippen LogP contribution in [-0.2, 0) is 29.9 Å². The van der Waals surface area contributed by atoms with Gasteiger partial charge in [0, 0.05) is 0 Å². The topological polar surface area (TPSA) is 143 Å². The number of nitrogen functional groups attached to an aromatic ring is 1. The van der Waals surface area contributed by atoms with E-state index in [4.69, 9.17) is 19.7 Å². The Morgan fingerprint density at radius 1 is 1.39 bits per heavy atom. The molecule has 0 aliphatic carbocycles. The first-order chi connectivity index (χ1) is 14.8. The predicted octanol–water partition coefficient (Wildman–Crippen LogP) is 2.32. The van der Waals surface area contributed by atoms with Gasteiger partial charge in [-0.1, -0.05) is 33.6 Å². The minimum atomic E-state index is -3.35. The molecule has 0 amide bonds. The summed E-state index contributed by atoms with van der Waals surface area (Å²) in [5.41, 5.74) is 6.92. The zero-order valence-corrected chi connectivity index (χ0v) is 19.1. The van der Waals surface area contributed by atoms with Crippen LogP contribution in [0.2, 0.25) is 0 Å². The number of carbonyl (C=O) groups is 1. The Balaban J connectivity index is 1.55. The monoisotopic (exact) mass is 454 g/mol. The molecule has 3 atom stereocenters. The Hall–Kier alpha value is -2.07. The van der Waals surface area contributed by atoms with Gasteiger partial charge >= 0.3 is 5.97 Å². The molecule has 0 radical (unpaired) electrons. The highest BCUT2D eigenvalue weighted by molar-refractivity contribution is 7.56. The van der Waals surface area contributed by atoms with E-state index in [9.17, 15) is 9.36 Å². The number of anilines is 1. The van der Waals surface area contributed by atoms with E-state index in [0.29, 0.717) is 30.1 Å². The van der Waals surface area contributed by atoms with Crippen molar-refractivity contribution in [2.24, 2.45) is 5.92 Å². The first-order valence-corrected chi connectivity index (χ1v) is 12.3. The zero-order valence-electron chi connectivity index (χ0n) is 18.2. The third kappa shape index (κ3) is 6.00. The molecule has 31 heavy (non-hydrogen) atoms. The molecule has 2 aromatic heterocycles. The predicted molar refractivity (Wildman–Crippen MR) is 115 cm³/mol. The van der Waals surface area contributed by atoms with E-state index in [1.54, 1.807) is 10.9 Å². The van der Waals surface area contributed by atoms with Crippen molar-refractivity contribution in [1.29, 1.82) is 0 Å². The molecule has 0 spiro atoms. The minimum absolute atomic E-state index is 0.0981. The molecule has 3 N–H and O–H groups in total. The molecular formula is C19H31N6O5P. The van der Waals surface area contributed by atoms with Crippen molar-refractivity contribution in [3.63, 3.8) is 0 Å². The van der Waals surface area contributed by atoms with Crippen LogP contribution in [0.15, 0.2) is 12.7 Å². The van der Waals surface area contributed by atoms with Crippen molar-refractivity contribution in [3.8, 4) is 0 Å². The highest BCUT2D eigenvalue weighted by atomic mass is 31.2. The van der Waals surface area contributed by atoms with E-state index in [1.807, 2.05) is 13.8 Å². The van der Waals surface area contributed by atoms with Gasteiger partial charge in [0.1, 0.15) is 30.3 Å². The van der Waals surface area contributed by atoms with Gasteiger partial charge in [-0.15, -0.1) is 0 Å². The molecule has 11 nitrogen and oxygen atoms in total. The Bertz CT molecular complexity index is 924. The average Bonchev–Trinajstić information content (AvgIpc) is 3.15. The van der Waals surface area contributed by atoms with Gasteiger partial charge in [-0.2, -0.15) is 0 Å². The second kappa shape index (κ2) is 10.5. The Morgan fingerprint density at radius 2 is 2.19 bits per heavy atom. The first-order valence-electron chi connectivity index (χ1n) is 10.5. The van der Waals surface area contributed by atoms with Gasteiger partial charge in [0.15, 0.2) is 11.5 Å². The average molecular weight is 454 g/mol. The van der Waals surface area contributed by atoms with E-state index >= 15 is 0 Å². The zero-order chi connectivity index (χ0) is 22.4. The van der Waals surface area contributed by atoms with Crippen LogP contribution in [0, 0.1) is 5.92 Å². The standard InChI is InChI=1S/C19H31N6O5P/c1-4-5-6-7-28-19(26)15(13(2)3)24-31(27)12-29-14(9-30-31)8-25-11-23-16-17(20)21-10-22-18(16)25/h10-11,13-15H,4-9,12H2,1-3H3,(H,24,27)(H2,20,21,22)/t14?,15-,31?/m0/s1. The SMILES string of the molecule is CCCCCOC(=O)[C@@H](NP1(=O)COC(Cn2cnc3c(N)ncnc32)CO1)C(C)C. The highest BCUT2D eigenvalue weighted by Gasteiger charge is 2.38. The summed E-state index contributed by atoms with van der Waals surface area (Å²) in [4.78, 5) is 24.8. The molecule has 172 valence electrons. The number of nitrogens with zero attached hydrogens (tertiary/aromatic N) is 4. The molecule has 3 heterocycles. The molecule has 12 heteroatoms. The first kappa shape index (κ1) is 23.6. The van der Waals surface area contributed by atoms with Gasteiger partial charge < -0.3 is 24.3 Å².